The summed E-state index contributed by atoms with van der Waals surface area (Å²) >= 11 is 0. The van der Waals surface area contributed by atoms with E-state index in [1.165, 1.54) is 12.2 Å². The van der Waals surface area contributed by atoms with Crippen LogP contribution >= 0.6 is 0 Å². The average Bonchev–Trinajstić information content (AvgIpc) is 2.30. The third-order valence-corrected chi connectivity index (χ3v) is 2.42. The normalized spacial score (nSPS) is 19.1. The SMILES string of the molecule is COc1ccc2c(c1)OC(C)C(=O)N2OC. The third kappa shape index (κ3) is 1.59. The minimum atomic E-state index is -0.556. The zero-order valence-electron chi connectivity index (χ0n) is 9.39. The summed E-state index contributed by atoms with van der Waals surface area (Å²) in [5.41, 5.74) is 0.589. The monoisotopic (exact) mass is 223 g/mol. The number of benzene rings is 1. The average molecular weight is 223 g/mol. The third-order valence-electron chi connectivity index (χ3n) is 2.42. The zero-order valence-corrected chi connectivity index (χ0v) is 9.39. The van der Waals surface area contributed by atoms with E-state index in [9.17, 15) is 4.79 Å². The summed E-state index contributed by atoms with van der Waals surface area (Å²) in [7, 11) is 3.02. The molecule has 1 unspecified atom stereocenters. The topological polar surface area (TPSA) is 48.0 Å². The van der Waals surface area contributed by atoms with Crippen LogP contribution in [0.15, 0.2) is 18.2 Å². The maximum absolute atomic E-state index is 11.7. The number of carbonyl (C=O) groups excluding carboxylic acids is 1. The number of fused-ring (bicyclic) bond motifs is 1. The van der Waals surface area contributed by atoms with Gasteiger partial charge in [0.15, 0.2) is 6.10 Å². The molecule has 86 valence electrons. The van der Waals surface area contributed by atoms with Crippen molar-refractivity contribution in [1.29, 1.82) is 0 Å². The summed E-state index contributed by atoms with van der Waals surface area (Å²) in [6, 6.07) is 5.20. The molecule has 0 saturated carbocycles. The minimum absolute atomic E-state index is 0.222. The van der Waals surface area contributed by atoms with Gasteiger partial charge in [-0.1, -0.05) is 0 Å². The fourth-order valence-corrected chi connectivity index (χ4v) is 1.60. The van der Waals surface area contributed by atoms with E-state index in [2.05, 4.69) is 0 Å². The zero-order chi connectivity index (χ0) is 11.7. The first kappa shape index (κ1) is 10.8. The lowest BCUT2D eigenvalue weighted by atomic mass is 10.2. The fourth-order valence-electron chi connectivity index (χ4n) is 1.60. The van der Waals surface area contributed by atoms with Gasteiger partial charge in [0.05, 0.1) is 14.2 Å². The van der Waals surface area contributed by atoms with Crippen molar-refractivity contribution in [2.75, 3.05) is 19.3 Å². The van der Waals surface area contributed by atoms with Gasteiger partial charge in [0, 0.05) is 6.07 Å². The number of carbonyl (C=O) groups is 1. The lowest BCUT2D eigenvalue weighted by Crippen LogP contribution is -2.43. The molecule has 1 atom stereocenters. The molecule has 5 heteroatoms. The predicted molar refractivity (Wildman–Crippen MR) is 57.6 cm³/mol. The van der Waals surface area contributed by atoms with Gasteiger partial charge in [-0.3, -0.25) is 9.63 Å². The minimum Gasteiger partial charge on any atom is -0.497 e. The number of anilines is 1. The van der Waals surface area contributed by atoms with Crippen molar-refractivity contribution in [3.05, 3.63) is 18.2 Å². The first-order valence-corrected chi connectivity index (χ1v) is 4.90. The molecule has 0 aromatic heterocycles. The molecule has 0 saturated heterocycles. The summed E-state index contributed by atoms with van der Waals surface area (Å²) in [4.78, 5) is 16.8. The van der Waals surface area contributed by atoms with E-state index in [1.54, 1.807) is 32.2 Å². The summed E-state index contributed by atoms with van der Waals surface area (Å²) in [6.07, 6.45) is -0.556. The van der Waals surface area contributed by atoms with Crippen LogP contribution in [0, 0.1) is 0 Å². The summed E-state index contributed by atoms with van der Waals surface area (Å²) in [5, 5.41) is 1.23. The number of ether oxygens (including phenoxy) is 2. The van der Waals surface area contributed by atoms with E-state index < -0.39 is 6.10 Å². The molecular formula is C11H13NO4. The molecule has 2 rings (SSSR count). The molecule has 1 aliphatic rings. The largest absolute Gasteiger partial charge is 0.497 e. The van der Waals surface area contributed by atoms with Gasteiger partial charge in [-0.05, 0) is 19.1 Å². The van der Waals surface area contributed by atoms with Crippen LogP contribution in [0.3, 0.4) is 0 Å². The summed E-state index contributed by atoms with van der Waals surface area (Å²) in [5.74, 6) is 1.03. The second-order valence-corrected chi connectivity index (χ2v) is 3.41. The number of methoxy groups -OCH3 is 1. The number of nitrogens with zero attached hydrogens (tertiary/aromatic N) is 1. The van der Waals surface area contributed by atoms with Crippen LogP contribution in [-0.4, -0.2) is 26.2 Å². The second-order valence-electron chi connectivity index (χ2n) is 3.41. The van der Waals surface area contributed by atoms with E-state index in [4.69, 9.17) is 14.3 Å². The highest BCUT2D eigenvalue weighted by Crippen LogP contribution is 2.36. The number of hydroxylamine groups is 1. The van der Waals surface area contributed by atoms with Crippen molar-refractivity contribution >= 4 is 11.6 Å². The molecule has 16 heavy (non-hydrogen) atoms. The van der Waals surface area contributed by atoms with E-state index in [0.717, 1.165) is 0 Å². The lowest BCUT2D eigenvalue weighted by molar-refractivity contribution is -0.132. The number of rotatable bonds is 2. The first-order valence-electron chi connectivity index (χ1n) is 4.90. The molecule has 0 spiro atoms. The van der Waals surface area contributed by atoms with E-state index in [1.807, 2.05) is 0 Å². The van der Waals surface area contributed by atoms with Crippen molar-refractivity contribution in [3.8, 4) is 11.5 Å². The van der Waals surface area contributed by atoms with Gasteiger partial charge in [0.1, 0.15) is 17.2 Å². The number of hydrogen-bond acceptors (Lipinski definition) is 4. The molecule has 1 aromatic rings. The Bertz CT molecular complexity index is 418. The quantitative estimate of drug-likeness (QED) is 0.759. The highest BCUT2D eigenvalue weighted by atomic mass is 16.7. The summed E-state index contributed by atoms with van der Waals surface area (Å²) < 4.78 is 10.6. The smallest absolute Gasteiger partial charge is 0.291 e. The maximum Gasteiger partial charge on any atom is 0.291 e. The predicted octanol–water partition coefficient (Wildman–Crippen LogP) is 1.37. The molecular weight excluding hydrogens is 210 g/mol. The molecule has 1 aromatic carbocycles. The highest BCUT2D eigenvalue weighted by molar-refractivity contribution is 5.98. The Morgan fingerprint density at radius 3 is 2.75 bits per heavy atom. The first-order chi connectivity index (χ1) is 7.67. The standard InChI is InChI=1S/C11H13NO4/c1-7-11(13)12(15-3)9-5-4-8(14-2)6-10(9)16-7/h4-7H,1-3H3. The molecule has 1 aliphatic heterocycles. The Labute approximate surface area is 93.5 Å². The Hall–Kier alpha value is -1.75. The molecule has 0 fully saturated rings. The molecule has 1 amide bonds. The van der Waals surface area contributed by atoms with Crippen LogP contribution in [0.2, 0.25) is 0 Å². The van der Waals surface area contributed by atoms with Crippen LogP contribution < -0.4 is 14.5 Å². The van der Waals surface area contributed by atoms with Gasteiger partial charge < -0.3 is 9.47 Å². The van der Waals surface area contributed by atoms with Crippen molar-refractivity contribution in [3.63, 3.8) is 0 Å². The van der Waals surface area contributed by atoms with Crippen molar-refractivity contribution in [1.82, 2.24) is 0 Å². The molecule has 0 bridgehead atoms. The highest BCUT2D eigenvalue weighted by Gasteiger charge is 2.32. The Kier molecular flexibility index (Phi) is 2.70. The van der Waals surface area contributed by atoms with Gasteiger partial charge >= 0.3 is 0 Å². The van der Waals surface area contributed by atoms with Gasteiger partial charge in [0.25, 0.3) is 5.91 Å². The lowest BCUT2D eigenvalue weighted by Gasteiger charge is -2.30. The van der Waals surface area contributed by atoms with E-state index in [-0.39, 0.29) is 5.91 Å². The van der Waals surface area contributed by atoms with Crippen molar-refractivity contribution in [2.24, 2.45) is 0 Å². The van der Waals surface area contributed by atoms with Gasteiger partial charge in [0.2, 0.25) is 0 Å². The Balaban J connectivity index is 2.46. The number of hydrogen-bond donors (Lipinski definition) is 0. The fraction of sp³-hybridized carbons (Fsp3) is 0.364. The Morgan fingerprint density at radius 1 is 1.38 bits per heavy atom. The van der Waals surface area contributed by atoms with Crippen LogP contribution in [-0.2, 0) is 9.63 Å². The summed E-state index contributed by atoms with van der Waals surface area (Å²) in [6.45, 7) is 1.68. The Morgan fingerprint density at radius 2 is 2.12 bits per heavy atom. The van der Waals surface area contributed by atoms with Gasteiger partial charge in [-0.2, -0.15) is 5.06 Å². The van der Waals surface area contributed by atoms with E-state index in [0.29, 0.717) is 17.2 Å². The van der Waals surface area contributed by atoms with Crippen molar-refractivity contribution < 1.29 is 19.1 Å². The number of amides is 1. The van der Waals surface area contributed by atoms with Crippen LogP contribution in [0.5, 0.6) is 11.5 Å². The maximum atomic E-state index is 11.7. The molecule has 0 radical (unpaired) electrons. The van der Waals surface area contributed by atoms with E-state index >= 15 is 0 Å². The van der Waals surface area contributed by atoms with Gasteiger partial charge in [-0.25, -0.2) is 0 Å². The molecule has 1 heterocycles. The molecule has 0 aliphatic carbocycles. The molecule has 0 N–H and O–H groups in total. The van der Waals surface area contributed by atoms with Crippen LogP contribution in [0.1, 0.15) is 6.92 Å². The van der Waals surface area contributed by atoms with Crippen LogP contribution in [0.4, 0.5) is 5.69 Å². The van der Waals surface area contributed by atoms with Crippen LogP contribution in [0.25, 0.3) is 0 Å². The van der Waals surface area contributed by atoms with Crippen molar-refractivity contribution in [2.45, 2.75) is 13.0 Å². The molecule has 5 nitrogen and oxygen atoms in total. The second kappa shape index (κ2) is 4.02. The van der Waals surface area contributed by atoms with Gasteiger partial charge in [-0.15, -0.1) is 0 Å².